The van der Waals surface area contributed by atoms with Gasteiger partial charge in [-0.2, -0.15) is 4.98 Å². The molecule has 1 aromatic heterocycles. The summed E-state index contributed by atoms with van der Waals surface area (Å²) in [4.78, 5) is 8.41. The maximum atomic E-state index is 6.09. The number of benzene rings is 1. The van der Waals surface area contributed by atoms with E-state index in [1.54, 1.807) is 6.20 Å². The molecule has 0 spiro atoms. The van der Waals surface area contributed by atoms with Crippen molar-refractivity contribution in [2.24, 2.45) is 0 Å². The van der Waals surface area contributed by atoms with Gasteiger partial charge in [0.1, 0.15) is 5.02 Å². The summed E-state index contributed by atoms with van der Waals surface area (Å²) >= 11 is 12.2. The van der Waals surface area contributed by atoms with Gasteiger partial charge >= 0.3 is 0 Å². The van der Waals surface area contributed by atoms with Gasteiger partial charge in [-0.05, 0) is 31.5 Å². The molecule has 0 fully saturated rings. The van der Waals surface area contributed by atoms with E-state index in [-0.39, 0.29) is 0 Å². The molecule has 1 heterocycles. The lowest BCUT2D eigenvalue weighted by molar-refractivity contribution is 1.09. The highest BCUT2D eigenvalue weighted by Gasteiger charge is 2.08. The number of nitrogens with one attached hydrogen (secondary N) is 2. The largest absolute Gasteiger partial charge is 0.354 e. The number of aromatic nitrogens is 2. The summed E-state index contributed by atoms with van der Waals surface area (Å²) in [6.45, 7) is 4.66. The molecule has 0 unspecified atom stereocenters. The van der Waals surface area contributed by atoms with E-state index in [4.69, 9.17) is 23.2 Å². The summed E-state index contributed by atoms with van der Waals surface area (Å²) in [6, 6.07) is 5.64. The molecule has 4 nitrogen and oxygen atoms in total. The van der Waals surface area contributed by atoms with Gasteiger partial charge in [0.05, 0.1) is 6.20 Å². The minimum atomic E-state index is 0.459. The van der Waals surface area contributed by atoms with Crippen LogP contribution in [-0.2, 0) is 0 Å². The Labute approximate surface area is 122 Å². The van der Waals surface area contributed by atoms with Gasteiger partial charge in [-0.1, -0.05) is 29.3 Å². The topological polar surface area (TPSA) is 49.8 Å². The van der Waals surface area contributed by atoms with Crippen molar-refractivity contribution < 1.29 is 0 Å². The third kappa shape index (κ3) is 3.28. The Morgan fingerprint density at radius 3 is 2.74 bits per heavy atom. The van der Waals surface area contributed by atoms with Crippen molar-refractivity contribution in [2.75, 3.05) is 17.2 Å². The molecule has 19 heavy (non-hydrogen) atoms. The minimum Gasteiger partial charge on any atom is -0.354 e. The quantitative estimate of drug-likeness (QED) is 0.885. The average Bonchev–Trinajstić information content (AvgIpc) is 2.39. The number of anilines is 3. The molecule has 2 aromatic rings. The van der Waals surface area contributed by atoms with Gasteiger partial charge < -0.3 is 10.6 Å². The summed E-state index contributed by atoms with van der Waals surface area (Å²) < 4.78 is 0. The van der Waals surface area contributed by atoms with Gasteiger partial charge in [-0.25, -0.2) is 4.98 Å². The zero-order valence-electron chi connectivity index (χ0n) is 10.7. The molecule has 0 saturated carbocycles. The van der Waals surface area contributed by atoms with E-state index in [0.717, 1.165) is 17.8 Å². The van der Waals surface area contributed by atoms with E-state index in [1.165, 1.54) is 0 Å². The number of hydrogen-bond donors (Lipinski definition) is 2. The molecule has 0 saturated heterocycles. The Bertz CT molecular complexity index is 587. The smallest absolute Gasteiger partial charge is 0.224 e. The van der Waals surface area contributed by atoms with Gasteiger partial charge in [0, 0.05) is 17.3 Å². The van der Waals surface area contributed by atoms with Crippen molar-refractivity contribution in [1.82, 2.24) is 9.97 Å². The van der Waals surface area contributed by atoms with Crippen LogP contribution in [-0.4, -0.2) is 16.5 Å². The highest BCUT2D eigenvalue weighted by atomic mass is 35.5. The predicted molar refractivity (Wildman–Crippen MR) is 80.7 cm³/mol. The molecule has 100 valence electrons. The molecule has 2 rings (SSSR count). The molecule has 0 aliphatic rings. The fourth-order valence-electron chi connectivity index (χ4n) is 1.57. The van der Waals surface area contributed by atoms with Crippen molar-refractivity contribution in [3.63, 3.8) is 0 Å². The molecule has 2 N–H and O–H groups in total. The van der Waals surface area contributed by atoms with Crippen LogP contribution in [0.15, 0.2) is 24.4 Å². The van der Waals surface area contributed by atoms with Crippen molar-refractivity contribution in [1.29, 1.82) is 0 Å². The second-order valence-electron chi connectivity index (χ2n) is 3.96. The molecular formula is C13H14Cl2N4. The molecule has 0 atom stereocenters. The molecule has 0 bridgehead atoms. The van der Waals surface area contributed by atoms with E-state index in [9.17, 15) is 0 Å². The second-order valence-corrected chi connectivity index (χ2v) is 4.77. The lowest BCUT2D eigenvalue weighted by atomic mass is 10.2. The van der Waals surface area contributed by atoms with Crippen molar-refractivity contribution in [2.45, 2.75) is 13.8 Å². The van der Waals surface area contributed by atoms with Crippen molar-refractivity contribution in [3.05, 3.63) is 40.0 Å². The molecule has 0 radical (unpaired) electrons. The number of nitrogens with zero attached hydrogens (tertiary/aromatic N) is 2. The molecule has 0 amide bonds. The number of hydrogen-bond acceptors (Lipinski definition) is 4. The third-order valence-electron chi connectivity index (χ3n) is 2.60. The van der Waals surface area contributed by atoms with Gasteiger partial charge in [0.25, 0.3) is 0 Å². The number of halogens is 2. The van der Waals surface area contributed by atoms with E-state index < -0.39 is 0 Å². The Morgan fingerprint density at radius 1 is 1.21 bits per heavy atom. The number of rotatable bonds is 4. The van der Waals surface area contributed by atoms with Crippen LogP contribution in [0.4, 0.5) is 17.5 Å². The van der Waals surface area contributed by atoms with Gasteiger partial charge in [-0.3, -0.25) is 0 Å². The van der Waals surface area contributed by atoms with Crippen LogP contribution in [0.3, 0.4) is 0 Å². The second kappa shape index (κ2) is 6.08. The maximum Gasteiger partial charge on any atom is 0.224 e. The van der Waals surface area contributed by atoms with E-state index in [2.05, 4.69) is 20.6 Å². The van der Waals surface area contributed by atoms with E-state index >= 15 is 0 Å². The first-order valence-electron chi connectivity index (χ1n) is 5.90. The lowest BCUT2D eigenvalue weighted by Gasteiger charge is -2.12. The minimum absolute atomic E-state index is 0.459. The van der Waals surface area contributed by atoms with Gasteiger partial charge in [0.15, 0.2) is 5.82 Å². The summed E-state index contributed by atoms with van der Waals surface area (Å²) in [5.41, 5.74) is 1.82. The van der Waals surface area contributed by atoms with Crippen LogP contribution in [0.2, 0.25) is 10.0 Å². The average molecular weight is 297 g/mol. The monoisotopic (exact) mass is 296 g/mol. The van der Waals surface area contributed by atoms with Crippen molar-refractivity contribution >= 4 is 40.7 Å². The first-order valence-corrected chi connectivity index (χ1v) is 6.66. The molecule has 1 aromatic carbocycles. The fourth-order valence-corrected chi connectivity index (χ4v) is 1.88. The fraction of sp³-hybridized carbons (Fsp3) is 0.231. The summed E-state index contributed by atoms with van der Waals surface area (Å²) in [6.07, 6.45) is 1.56. The van der Waals surface area contributed by atoms with E-state index in [0.29, 0.717) is 21.8 Å². The lowest BCUT2D eigenvalue weighted by Crippen LogP contribution is -2.05. The zero-order valence-corrected chi connectivity index (χ0v) is 12.2. The highest BCUT2D eigenvalue weighted by Crippen LogP contribution is 2.28. The SMILES string of the molecule is CCNc1ncc(Cl)c(Nc2cccc(Cl)c2C)n1. The van der Waals surface area contributed by atoms with E-state index in [1.807, 2.05) is 32.0 Å². The summed E-state index contributed by atoms with van der Waals surface area (Å²) in [5, 5.41) is 7.37. The Morgan fingerprint density at radius 2 is 2.00 bits per heavy atom. The molecular weight excluding hydrogens is 283 g/mol. The van der Waals surface area contributed by atoms with Crippen molar-refractivity contribution in [3.8, 4) is 0 Å². The van der Waals surface area contributed by atoms with Gasteiger partial charge in [0.2, 0.25) is 5.95 Å². The molecule has 0 aliphatic carbocycles. The molecule has 6 heteroatoms. The summed E-state index contributed by atoms with van der Waals surface area (Å²) in [5.74, 6) is 1.09. The first kappa shape index (κ1) is 13.9. The Balaban J connectivity index is 2.32. The van der Waals surface area contributed by atoms with Crippen LogP contribution in [0, 0.1) is 6.92 Å². The first-order chi connectivity index (χ1) is 9.11. The standard InChI is InChI=1S/C13H14Cl2N4/c1-3-16-13-17-7-10(15)12(19-13)18-11-6-4-5-9(14)8(11)2/h4-7H,3H2,1-2H3,(H2,16,17,18,19). The zero-order chi connectivity index (χ0) is 13.8. The van der Waals surface area contributed by atoms with Crippen LogP contribution < -0.4 is 10.6 Å². The third-order valence-corrected chi connectivity index (χ3v) is 3.29. The normalized spacial score (nSPS) is 10.3. The van der Waals surface area contributed by atoms with Crippen LogP contribution in [0.5, 0.6) is 0 Å². The molecule has 0 aliphatic heterocycles. The van der Waals surface area contributed by atoms with Crippen LogP contribution in [0.25, 0.3) is 0 Å². The van der Waals surface area contributed by atoms with Crippen LogP contribution >= 0.6 is 23.2 Å². The van der Waals surface area contributed by atoms with Gasteiger partial charge in [-0.15, -0.1) is 0 Å². The highest BCUT2D eigenvalue weighted by molar-refractivity contribution is 6.33. The summed E-state index contributed by atoms with van der Waals surface area (Å²) in [7, 11) is 0. The Kier molecular flexibility index (Phi) is 4.45. The van der Waals surface area contributed by atoms with Crippen LogP contribution in [0.1, 0.15) is 12.5 Å². The predicted octanol–water partition coefficient (Wildman–Crippen LogP) is 4.27. The Hall–Kier alpha value is -1.52. The maximum absolute atomic E-state index is 6.09.